The molecule has 0 aromatic carbocycles. The number of hydrogen-bond acceptors (Lipinski definition) is 3. The minimum Gasteiger partial charge on any atom is -0.380 e. The summed E-state index contributed by atoms with van der Waals surface area (Å²) in [5.74, 6) is 0. The molecule has 1 rings (SSSR count). The van der Waals surface area contributed by atoms with Gasteiger partial charge in [0, 0.05) is 25.7 Å². The van der Waals surface area contributed by atoms with Gasteiger partial charge in [0.25, 0.3) is 0 Å². The van der Waals surface area contributed by atoms with Crippen molar-refractivity contribution in [3.8, 4) is 0 Å². The van der Waals surface area contributed by atoms with Gasteiger partial charge in [-0.2, -0.15) is 0 Å². The van der Waals surface area contributed by atoms with Gasteiger partial charge in [-0.05, 0) is 26.4 Å². The van der Waals surface area contributed by atoms with Crippen molar-refractivity contribution in [3.05, 3.63) is 0 Å². The molecule has 1 heterocycles. The molecule has 1 N–H and O–H groups in total. The zero-order chi connectivity index (χ0) is 10.2. The van der Waals surface area contributed by atoms with Crippen molar-refractivity contribution >= 4 is 0 Å². The Hall–Kier alpha value is -0.120. The third-order valence-corrected chi connectivity index (χ3v) is 2.71. The van der Waals surface area contributed by atoms with E-state index in [4.69, 9.17) is 4.74 Å². The molecule has 14 heavy (non-hydrogen) atoms. The van der Waals surface area contributed by atoms with Gasteiger partial charge in [-0.15, -0.1) is 0 Å². The monoisotopic (exact) mass is 200 g/mol. The van der Waals surface area contributed by atoms with Crippen LogP contribution in [-0.2, 0) is 4.74 Å². The first-order valence-electron chi connectivity index (χ1n) is 5.82. The Kier molecular flexibility index (Phi) is 6.15. The molecule has 0 aromatic heterocycles. The van der Waals surface area contributed by atoms with Gasteiger partial charge in [-0.25, -0.2) is 0 Å². The summed E-state index contributed by atoms with van der Waals surface area (Å²) < 4.78 is 5.48. The van der Waals surface area contributed by atoms with E-state index in [-0.39, 0.29) is 0 Å². The van der Waals surface area contributed by atoms with Gasteiger partial charge in [-0.1, -0.05) is 13.3 Å². The lowest BCUT2D eigenvalue weighted by Gasteiger charge is -2.12. The van der Waals surface area contributed by atoms with Crippen molar-refractivity contribution < 1.29 is 4.74 Å². The van der Waals surface area contributed by atoms with Crippen molar-refractivity contribution in [3.63, 3.8) is 0 Å². The third-order valence-electron chi connectivity index (χ3n) is 2.71. The summed E-state index contributed by atoms with van der Waals surface area (Å²) >= 11 is 0. The zero-order valence-corrected chi connectivity index (χ0v) is 9.59. The summed E-state index contributed by atoms with van der Waals surface area (Å²) in [5.41, 5.74) is 0. The second kappa shape index (κ2) is 7.21. The quantitative estimate of drug-likeness (QED) is 0.623. The molecule has 0 amide bonds. The standard InChI is InChI=1S/C11H24N2O/c1-3-4-8-14-9-6-12-11-5-7-13(2)10-11/h11-12H,3-10H2,1-2H3. The molecule has 1 saturated heterocycles. The van der Waals surface area contributed by atoms with E-state index in [0.29, 0.717) is 6.04 Å². The SMILES string of the molecule is CCCCOCCNC1CCN(C)C1. The lowest BCUT2D eigenvalue weighted by atomic mass is 10.3. The molecule has 1 aliphatic heterocycles. The molecule has 0 radical (unpaired) electrons. The van der Waals surface area contributed by atoms with E-state index in [1.165, 1.54) is 32.4 Å². The van der Waals surface area contributed by atoms with Gasteiger partial charge < -0.3 is 15.0 Å². The number of unbranched alkanes of at least 4 members (excludes halogenated alkanes) is 1. The van der Waals surface area contributed by atoms with Gasteiger partial charge in [-0.3, -0.25) is 0 Å². The summed E-state index contributed by atoms with van der Waals surface area (Å²) in [5, 5.41) is 3.52. The number of rotatable bonds is 7. The fraction of sp³-hybridized carbons (Fsp3) is 1.00. The van der Waals surface area contributed by atoms with Crippen LogP contribution in [0.25, 0.3) is 0 Å². The van der Waals surface area contributed by atoms with Crippen LogP contribution in [0.4, 0.5) is 0 Å². The number of nitrogens with zero attached hydrogens (tertiary/aromatic N) is 1. The number of nitrogens with one attached hydrogen (secondary N) is 1. The van der Waals surface area contributed by atoms with E-state index in [0.717, 1.165) is 19.8 Å². The highest BCUT2D eigenvalue weighted by Crippen LogP contribution is 2.05. The number of likely N-dealkylation sites (tertiary alicyclic amines) is 1. The Bertz CT molecular complexity index is 141. The van der Waals surface area contributed by atoms with E-state index >= 15 is 0 Å². The Labute approximate surface area is 87.8 Å². The van der Waals surface area contributed by atoms with Crippen LogP contribution >= 0.6 is 0 Å². The summed E-state index contributed by atoms with van der Waals surface area (Å²) in [6.45, 7) is 7.39. The molecular formula is C11H24N2O. The van der Waals surface area contributed by atoms with E-state index in [1.54, 1.807) is 0 Å². The smallest absolute Gasteiger partial charge is 0.0591 e. The molecule has 0 bridgehead atoms. The Morgan fingerprint density at radius 3 is 2.93 bits per heavy atom. The number of likely N-dealkylation sites (N-methyl/N-ethyl adjacent to an activating group) is 1. The predicted octanol–water partition coefficient (Wildman–Crippen LogP) is 1.10. The largest absolute Gasteiger partial charge is 0.380 e. The first kappa shape index (κ1) is 12.0. The van der Waals surface area contributed by atoms with Crippen LogP contribution in [0.3, 0.4) is 0 Å². The molecule has 0 spiro atoms. The van der Waals surface area contributed by atoms with Crippen LogP contribution < -0.4 is 5.32 Å². The molecule has 0 aliphatic carbocycles. The van der Waals surface area contributed by atoms with Crippen molar-refractivity contribution in [2.75, 3.05) is 39.9 Å². The Morgan fingerprint density at radius 2 is 2.29 bits per heavy atom. The molecule has 1 atom stereocenters. The highest BCUT2D eigenvalue weighted by Gasteiger charge is 2.17. The second-order valence-corrected chi connectivity index (χ2v) is 4.17. The van der Waals surface area contributed by atoms with Gasteiger partial charge >= 0.3 is 0 Å². The van der Waals surface area contributed by atoms with Crippen LogP contribution in [0, 0.1) is 0 Å². The van der Waals surface area contributed by atoms with E-state index in [2.05, 4.69) is 24.2 Å². The van der Waals surface area contributed by atoms with Crippen LogP contribution in [-0.4, -0.2) is 50.8 Å². The summed E-state index contributed by atoms with van der Waals surface area (Å²) in [4.78, 5) is 2.37. The highest BCUT2D eigenvalue weighted by molar-refractivity contribution is 4.78. The van der Waals surface area contributed by atoms with Crippen LogP contribution in [0.2, 0.25) is 0 Å². The molecule has 0 saturated carbocycles. The lowest BCUT2D eigenvalue weighted by Crippen LogP contribution is -2.33. The zero-order valence-electron chi connectivity index (χ0n) is 9.59. The van der Waals surface area contributed by atoms with Gasteiger partial charge in [0.15, 0.2) is 0 Å². The first-order valence-corrected chi connectivity index (χ1v) is 5.82. The van der Waals surface area contributed by atoms with E-state index < -0.39 is 0 Å². The van der Waals surface area contributed by atoms with E-state index in [9.17, 15) is 0 Å². The normalized spacial score (nSPS) is 23.1. The maximum Gasteiger partial charge on any atom is 0.0591 e. The van der Waals surface area contributed by atoms with Gasteiger partial charge in [0.05, 0.1) is 6.61 Å². The number of ether oxygens (including phenoxy) is 1. The number of hydrogen-bond donors (Lipinski definition) is 1. The molecule has 0 aromatic rings. The molecular weight excluding hydrogens is 176 g/mol. The molecule has 1 fully saturated rings. The van der Waals surface area contributed by atoms with Crippen LogP contribution in [0.15, 0.2) is 0 Å². The van der Waals surface area contributed by atoms with Crippen molar-refractivity contribution in [1.29, 1.82) is 0 Å². The fourth-order valence-electron chi connectivity index (χ4n) is 1.79. The second-order valence-electron chi connectivity index (χ2n) is 4.17. The van der Waals surface area contributed by atoms with Crippen molar-refractivity contribution in [2.24, 2.45) is 0 Å². The average molecular weight is 200 g/mol. The van der Waals surface area contributed by atoms with Crippen molar-refractivity contribution in [1.82, 2.24) is 10.2 Å². The van der Waals surface area contributed by atoms with Crippen molar-refractivity contribution in [2.45, 2.75) is 32.2 Å². The molecule has 1 unspecified atom stereocenters. The predicted molar refractivity (Wildman–Crippen MR) is 59.6 cm³/mol. The molecule has 1 aliphatic rings. The third kappa shape index (κ3) is 4.94. The van der Waals surface area contributed by atoms with Gasteiger partial charge in [0.1, 0.15) is 0 Å². The van der Waals surface area contributed by atoms with Crippen LogP contribution in [0.1, 0.15) is 26.2 Å². The van der Waals surface area contributed by atoms with Gasteiger partial charge in [0.2, 0.25) is 0 Å². The van der Waals surface area contributed by atoms with Crippen LogP contribution in [0.5, 0.6) is 0 Å². The first-order chi connectivity index (χ1) is 6.83. The van der Waals surface area contributed by atoms with E-state index in [1.807, 2.05) is 0 Å². The summed E-state index contributed by atoms with van der Waals surface area (Å²) in [7, 11) is 2.18. The molecule has 3 heteroatoms. The lowest BCUT2D eigenvalue weighted by molar-refractivity contribution is 0.131. The summed E-state index contributed by atoms with van der Waals surface area (Å²) in [6, 6.07) is 0.690. The highest BCUT2D eigenvalue weighted by atomic mass is 16.5. The maximum absolute atomic E-state index is 5.48. The Morgan fingerprint density at radius 1 is 1.43 bits per heavy atom. The maximum atomic E-state index is 5.48. The minimum absolute atomic E-state index is 0.690. The topological polar surface area (TPSA) is 24.5 Å². The fourth-order valence-corrected chi connectivity index (χ4v) is 1.79. The minimum atomic E-state index is 0.690. The molecule has 3 nitrogen and oxygen atoms in total. The molecule has 84 valence electrons. The summed E-state index contributed by atoms with van der Waals surface area (Å²) in [6.07, 6.45) is 3.69. The Balaban J connectivity index is 1.84. The average Bonchev–Trinajstić information content (AvgIpc) is 2.58.